The van der Waals surface area contributed by atoms with Gasteiger partial charge in [0.25, 0.3) is 0 Å². The summed E-state index contributed by atoms with van der Waals surface area (Å²) in [7, 11) is 0. The minimum absolute atomic E-state index is 0.137. The zero-order valence-corrected chi connectivity index (χ0v) is 26.5. The Labute approximate surface area is 265 Å². The number of halogens is 2. The van der Waals surface area contributed by atoms with Gasteiger partial charge < -0.3 is 14.4 Å². The van der Waals surface area contributed by atoms with E-state index in [0.717, 1.165) is 62.9 Å². The third-order valence-electron chi connectivity index (χ3n) is 8.21. The fourth-order valence-corrected chi connectivity index (χ4v) is 7.44. The number of carbonyl (C=O) groups is 2. The zero-order valence-electron chi connectivity index (χ0n) is 23.6. The average molecular weight is 694 g/mol. The number of ether oxygens (including phenoxy) is 2. The van der Waals surface area contributed by atoms with Crippen LogP contribution in [0.15, 0.2) is 89.3 Å². The van der Waals surface area contributed by atoms with E-state index in [9.17, 15) is 9.59 Å². The second-order valence-corrected chi connectivity index (χ2v) is 12.6. The summed E-state index contributed by atoms with van der Waals surface area (Å²) in [5.41, 5.74) is 6.73. The van der Waals surface area contributed by atoms with Crippen LogP contribution >= 0.6 is 34.2 Å². The number of ketones is 2. The molecule has 0 bridgehead atoms. The second kappa shape index (κ2) is 12.6. The highest BCUT2D eigenvalue weighted by Gasteiger charge is 2.43. The first-order valence-electron chi connectivity index (χ1n) is 14.6. The van der Waals surface area contributed by atoms with Gasteiger partial charge >= 0.3 is 0 Å². The highest BCUT2D eigenvalue weighted by molar-refractivity contribution is 14.1. The molecule has 1 heterocycles. The lowest BCUT2D eigenvalue weighted by Gasteiger charge is -2.44. The fourth-order valence-electron chi connectivity index (χ4n) is 6.45. The van der Waals surface area contributed by atoms with Crippen molar-refractivity contribution in [2.75, 3.05) is 6.61 Å². The van der Waals surface area contributed by atoms with Crippen molar-refractivity contribution in [3.8, 4) is 11.5 Å². The first-order valence-corrected chi connectivity index (χ1v) is 16.1. The first kappa shape index (κ1) is 29.0. The minimum Gasteiger partial charge on any atom is -0.490 e. The molecular weight excluding hydrogens is 661 g/mol. The molecule has 0 unspecified atom stereocenters. The standard InChI is InChI=1S/C35H33ClINO4/c1-2-41-31-19-24(18-26(37)35(31)42-21-23-11-6-12-25(36)17-23)32-33-27(13-7-15-29(33)39)38(20-22-9-4-3-5-10-22)28-14-8-16-30(40)34(28)32/h3-6,9-12,17-19,32H,2,7-8,13-16,20-21H2,1H3. The average Bonchev–Trinajstić information content (AvgIpc) is 2.98. The van der Waals surface area contributed by atoms with Gasteiger partial charge in [-0.2, -0.15) is 0 Å². The Morgan fingerprint density at radius 2 is 1.50 bits per heavy atom. The van der Waals surface area contributed by atoms with Crippen LogP contribution in [-0.4, -0.2) is 23.1 Å². The van der Waals surface area contributed by atoms with Crippen LogP contribution in [0.4, 0.5) is 0 Å². The third-order valence-corrected chi connectivity index (χ3v) is 9.24. The van der Waals surface area contributed by atoms with E-state index in [2.05, 4.69) is 45.7 Å². The Kier molecular flexibility index (Phi) is 8.72. The Hall–Kier alpha value is -3.10. The normalized spacial score (nSPS) is 17.4. The number of nitrogens with zero attached hydrogens (tertiary/aromatic N) is 1. The number of rotatable bonds is 8. The number of hydrogen-bond donors (Lipinski definition) is 0. The monoisotopic (exact) mass is 693 g/mol. The highest BCUT2D eigenvalue weighted by Crippen LogP contribution is 2.51. The van der Waals surface area contributed by atoms with E-state index in [1.54, 1.807) is 0 Å². The van der Waals surface area contributed by atoms with Crippen molar-refractivity contribution in [2.24, 2.45) is 0 Å². The van der Waals surface area contributed by atoms with Gasteiger partial charge in [-0.15, -0.1) is 0 Å². The Morgan fingerprint density at radius 1 is 0.833 bits per heavy atom. The molecular formula is C35H33ClINO4. The summed E-state index contributed by atoms with van der Waals surface area (Å²) in [4.78, 5) is 29.8. The summed E-state index contributed by atoms with van der Waals surface area (Å²) in [6.07, 6.45) is 4.30. The van der Waals surface area contributed by atoms with Crippen molar-refractivity contribution < 1.29 is 19.1 Å². The highest BCUT2D eigenvalue weighted by atomic mass is 127. The van der Waals surface area contributed by atoms with Crippen molar-refractivity contribution in [3.63, 3.8) is 0 Å². The molecule has 0 atom stereocenters. The second-order valence-electron chi connectivity index (χ2n) is 11.0. The van der Waals surface area contributed by atoms with Crippen molar-refractivity contribution in [2.45, 2.75) is 64.5 Å². The molecule has 5 nitrogen and oxygen atoms in total. The number of allylic oxidation sites excluding steroid dienone is 4. The Balaban J connectivity index is 1.45. The van der Waals surface area contributed by atoms with Crippen molar-refractivity contribution in [1.29, 1.82) is 0 Å². The smallest absolute Gasteiger partial charge is 0.174 e. The molecule has 216 valence electrons. The van der Waals surface area contributed by atoms with Gasteiger partial charge in [0.1, 0.15) is 6.61 Å². The van der Waals surface area contributed by atoms with E-state index in [4.69, 9.17) is 21.1 Å². The molecule has 2 aliphatic carbocycles. The molecule has 0 saturated heterocycles. The van der Waals surface area contributed by atoms with E-state index in [0.29, 0.717) is 49.1 Å². The molecule has 0 amide bonds. The molecule has 0 fully saturated rings. The predicted molar refractivity (Wildman–Crippen MR) is 173 cm³/mol. The largest absolute Gasteiger partial charge is 0.490 e. The van der Waals surface area contributed by atoms with Crippen LogP contribution in [0.2, 0.25) is 5.02 Å². The van der Waals surface area contributed by atoms with E-state index >= 15 is 0 Å². The van der Waals surface area contributed by atoms with Gasteiger partial charge in [-0.05, 0) is 96.2 Å². The molecule has 0 radical (unpaired) electrons. The molecule has 42 heavy (non-hydrogen) atoms. The van der Waals surface area contributed by atoms with Crippen molar-refractivity contribution in [3.05, 3.63) is 115 Å². The van der Waals surface area contributed by atoms with E-state index in [1.807, 2.05) is 55.5 Å². The minimum atomic E-state index is -0.405. The molecule has 6 rings (SSSR count). The first-order chi connectivity index (χ1) is 20.4. The lowest BCUT2D eigenvalue weighted by atomic mass is 9.71. The van der Waals surface area contributed by atoms with Crippen LogP contribution in [0.1, 0.15) is 68.1 Å². The Bertz CT molecular complexity index is 1550. The summed E-state index contributed by atoms with van der Waals surface area (Å²) < 4.78 is 13.3. The van der Waals surface area contributed by atoms with E-state index < -0.39 is 5.92 Å². The number of benzene rings is 3. The molecule has 3 aromatic carbocycles. The fraction of sp³-hybridized carbons (Fsp3) is 0.314. The van der Waals surface area contributed by atoms with Crippen LogP contribution < -0.4 is 9.47 Å². The summed E-state index contributed by atoms with van der Waals surface area (Å²) in [5.74, 6) is 1.13. The number of Topliss-reactive ketones (excluding diaryl/α,β-unsaturated/α-hetero) is 2. The van der Waals surface area contributed by atoms with Gasteiger partial charge in [-0.3, -0.25) is 9.59 Å². The predicted octanol–water partition coefficient (Wildman–Crippen LogP) is 8.54. The van der Waals surface area contributed by atoms with E-state index in [-0.39, 0.29) is 11.6 Å². The SMILES string of the molecule is CCOc1cc(C2C3=C(CCCC3=O)N(Cc3ccccc3)C3=C2C(=O)CCC3)cc(I)c1OCc1cccc(Cl)c1. The maximum absolute atomic E-state index is 13.8. The topological polar surface area (TPSA) is 55.8 Å². The lowest BCUT2D eigenvalue weighted by Crippen LogP contribution is -2.38. The molecule has 3 aromatic rings. The van der Waals surface area contributed by atoms with Crippen LogP contribution in [0.5, 0.6) is 11.5 Å². The van der Waals surface area contributed by atoms with Crippen LogP contribution in [0.25, 0.3) is 0 Å². The molecule has 3 aliphatic rings. The maximum Gasteiger partial charge on any atom is 0.174 e. The summed E-state index contributed by atoms with van der Waals surface area (Å²) in [6.45, 7) is 3.40. The summed E-state index contributed by atoms with van der Waals surface area (Å²) >= 11 is 8.47. The summed E-state index contributed by atoms with van der Waals surface area (Å²) in [6, 6.07) is 22.0. The Morgan fingerprint density at radius 3 is 2.14 bits per heavy atom. The molecule has 1 aliphatic heterocycles. The van der Waals surface area contributed by atoms with E-state index in [1.165, 1.54) is 5.56 Å². The maximum atomic E-state index is 13.8. The summed E-state index contributed by atoms with van der Waals surface area (Å²) in [5, 5.41) is 0.659. The molecule has 0 spiro atoms. The van der Waals surface area contributed by atoms with Crippen LogP contribution in [0, 0.1) is 3.57 Å². The molecule has 0 aromatic heterocycles. The number of hydrogen-bond acceptors (Lipinski definition) is 5. The van der Waals surface area contributed by atoms with Gasteiger partial charge in [0.05, 0.1) is 10.2 Å². The van der Waals surface area contributed by atoms with Gasteiger partial charge in [0.15, 0.2) is 23.1 Å². The van der Waals surface area contributed by atoms with Gasteiger partial charge in [-0.1, -0.05) is 54.1 Å². The molecule has 0 N–H and O–H groups in total. The number of carbonyl (C=O) groups excluding carboxylic acids is 2. The van der Waals surface area contributed by atoms with Gasteiger partial charge in [0, 0.05) is 52.9 Å². The third kappa shape index (κ3) is 5.76. The van der Waals surface area contributed by atoms with Gasteiger partial charge in [0.2, 0.25) is 0 Å². The van der Waals surface area contributed by atoms with Gasteiger partial charge in [-0.25, -0.2) is 0 Å². The van der Waals surface area contributed by atoms with Crippen molar-refractivity contribution in [1.82, 2.24) is 4.90 Å². The van der Waals surface area contributed by atoms with Crippen molar-refractivity contribution >= 4 is 45.8 Å². The van der Waals surface area contributed by atoms with Crippen LogP contribution in [-0.2, 0) is 22.7 Å². The molecule has 0 saturated carbocycles. The zero-order chi connectivity index (χ0) is 29.2. The lowest BCUT2D eigenvalue weighted by molar-refractivity contribution is -0.117. The van der Waals surface area contributed by atoms with Crippen LogP contribution in [0.3, 0.4) is 0 Å². The quantitative estimate of drug-likeness (QED) is 0.222. The molecule has 7 heteroatoms.